The molecule has 1 aliphatic carbocycles. The summed E-state index contributed by atoms with van der Waals surface area (Å²) < 4.78 is 1.15. The fourth-order valence-corrected chi connectivity index (χ4v) is 3.06. The van der Waals surface area contributed by atoms with Gasteiger partial charge in [0.05, 0.1) is 0 Å². The van der Waals surface area contributed by atoms with Crippen LogP contribution >= 0.6 is 15.9 Å². The van der Waals surface area contributed by atoms with Gasteiger partial charge in [-0.2, -0.15) is 0 Å². The number of aryl methyl sites for hydroxylation is 1. The summed E-state index contributed by atoms with van der Waals surface area (Å²) in [5.74, 6) is 1.23. The van der Waals surface area contributed by atoms with Crippen molar-refractivity contribution in [2.45, 2.75) is 25.3 Å². The zero-order valence-corrected chi connectivity index (χ0v) is 12.6. The molecule has 2 N–H and O–H groups in total. The van der Waals surface area contributed by atoms with E-state index < -0.39 is 0 Å². The van der Waals surface area contributed by atoms with E-state index in [9.17, 15) is 0 Å². The molecule has 0 radical (unpaired) electrons. The van der Waals surface area contributed by atoms with Gasteiger partial charge in [-0.1, -0.05) is 58.4 Å². The second-order valence-electron chi connectivity index (χ2n) is 5.45. The van der Waals surface area contributed by atoms with Gasteiger partial charge in [-0.05, 0) is 47.9 Å². The molecule has 1 nitrogen and oxygen atoms in total. The summed E-state index contributed by atoms with van der Waals surface area (Å²) in [6.45, 7) is 2.11. The molecule has 98 valence electrons. The van der Waals surface area contributed by atoms with E-state index in [2.05, 4.69) is 71.4 Å². The Hall–Kier alpha value is -1.12. The second-order valence-corrected chi connectivity index (χ2v) is 6.31. The number of hydrogen-bond donors (Lipinski definition) is 1. The molecule has 3 rings (SSSR count). The summed E-state index contributed by atoms with van der Waals surface area (Å²) in [5.41, 5.74) is 10.4. The van der Waals surface area contributed by atoms with Gasteiger partial charge in [0.25, 0.3) is 0 Å². The summed E-state index contributed by atoms with van der Waals surface area (Å²) >= 11 is 3.54. The SMILES string of the molecule is Cc1cc(C(N)C2CC2c2ccccc2)ccc1Br. The predicted molar refractivity (Wildman–Crippen MR) is 83.1 cm³/mol. The number of rotatable bonds is 3. The third-order valence-corrected chi connectivity index (χ3v) is 4.99. The molecule has 0 bridgehead atoms. The average Bonchev–Trinajstić information content (AvgIpc) is 3.22. The quantitative estimate of drug-likeness (QED) is 0.882. The highest BCUT2D eigenvalue weighted by Crippen LogP contribution is 2.53. The molecule has 0 aromatic heterocycles. The zero-order chi connectivity index (χ0) is 13.4. The van der Waals surface area contributed by atoms with Gasteiger partial charge in [0.2, 0.25) is 0 Å². The van der Waals surface area contributed by atoms with Gasteiger partial charge in [0.15, 0.2) is 0 Å². The minimum Gasteiger partial charge on any atom is -0.324 e. The molecule has 2 aromatic carbocycles. The van der Waals surface area contributed by atoms with Crippen LogP contribution in [0.3, 0.4) is 0 Å². The van der Waals surface area contributed by atoms with Gasteiger partial charge in [-0.3, -0.25) is 0 Å². The van der Waals surface area contributed by atoms with Crippen LogP contribution in [0, 0.1) is 12.8 Å². The first-order valence-electron chi connectivity index (χ1n) is 6.73. The van der Waals surface area contributed by atoms with Crippen molar-refractivity contribution in [3.8, 4) is 0 Å². The Kier molecular flexibility index (Phi) is 3.46. The van der Waals surface area contributed by atoms with Gasteiger partial charge in [-0.15, -0.1) is 0 Å². The molecule has 1 aliphatic rings. The molecule has 0 amide bonds. The molecule has 0 spiro atoms. The van der Waals surface area contributed by atoms with Gasteiger partial charge >= 0.3 is 0 Å². The van der Waals surface area contributed by atoms with Crippen LogP contribution < -0.4 is 5.73 Å². The highest BCUT2D eigenvalue weighted by atomic mass is 79.9. The van der Waals surface area contributed by atoms with E-state index in [1.807, 2.05) is 0 Å². The van der Waals surface area contributed by atoms with E-state index in [0.29, 0.717) is 11.8 Å². The fourth-order valence-electron chi connectivity index (χ4n) is 2.82. The maximum Gasteiger partial charge on any atom is 0.0329 e. The monoisotopic (exact) mass is 315 g/mol. The Morgan fingerprint density at radius 1 is 1.16 bits per heavy atom. The summed E-state index contributed by atoms with van der Waals surface area (Å²) in [6, 6.07) is 17.3. The number of nitrogens with two attached hydrogens (primary N) is 1. The number of halogens is 1. The molecule has 0 aliphatic heterocycles. The Labute approximate surface area is 123 Å². The Bertz CT molecular complexity index is 579. The summed E-state index contributed by atoms with van der Waals surface area (Å²) in [7, 11) is 0. The molecular weight excluding hydrogens is 298 g/mol. The lowest BCUT2D eigenvalue weighted by Gasteiger charge is -2.13. The summed E-state index contributed by atoms with van der Waals surface area (Å²) in [4.78, 5) is 0. The van der Waals surface area contributed by atoms with Crippen LogP contribution in [0.2, 0.25) is 0 Å². The van der Waals surface area contributed by atoms with Gasteiger partial charge in [-0.25, -0.2) is 0 Å². The smallest absolute Gasteiger partial charge is 0.0329 e. The van der Waals surface area contributed by atoms with Crippen molar-refractivity contribution < 1.29 is 0 Å². The van der Waals surface area contributed by atoms with Crippen molar-refractivity contribution >= 4 is 15.9 Å². The van der Waals surface area contributed by atoms with Crippen LogP contribution in [-0.2, 0) is 0 Å². The van der Waals surface area contributed by atoms with Crippen molar-refractivity contribution in [3.05, 3.63) is 69.7 Å². The van der Waals surface area contributed by atoms with Crippen LogP contribution in [-0.4, -0.2) is 0 Å². The third kappa shape index (κ3) is 2.60. The minimum atomic E-state index is 0.150. The third-order valence-electron chi connectivity index (χ3n) is 4.10. The van der Waals surface area contributed by atoms with Gasteiger partial charge < -0.3 is 5.73 Å². The summed E-state index contributed by atoms with van der Waals surface area (Å²) in [6.07, 6.45) is 1.21. The van der Waals surface area contributed by atoms with Crippen LogP contribution in [0.5, 0.6) is 0 Å². The topological polar surface area (TPSA) is 26.0 Å². The lowest BCUT2D eigenvalue weighted by atomic mass is 9.98. The highest BCUT2D eigenvalue weighted by Gasteiger charge is 2.42. The van der Waals surface area contributed by atoms with Crippen LogP contribution in [0.1, 0.15) is 35.1 Å². The standard InChI is InChI=1S/C17H18BrN/c1-11-9-13(7-8-16(11)18)17(19)15-10-14(15)12-5-3-2-4-6-12/h2-9,14-15,17H,10,19H2,1H3. The molecule has 0 saturated heterocycles. The average molecular weight is 316 g/mol. The second kappa shape index (κ2) is 5.10. The molecule has 1 saturated carbocycles. The van der Waals surface area contributed by atoms with Gasteiger partial charge in [0, 0.05) is 10.5 Å². The molecular formula is C17H18BrN. The van der Waals surface area contributed by atoms with Crippen molar-refractivity contribution in [2.24, 2.45) is 11.7 Å². The largest absolute Gasteiger partial charge is 0.324 e. The van der Waals surface area contributed by atoms with E-state index in [1.54, 1.807) is 0 Å². The van der Waals surface area contributed by atoms with Gasteiger partial charge in [0.1, 0.15) is 0 Å². The summed E-state index contributed by atoms with van der Waals surface area (Å²) in [5, 5.41) is 0. The molecule has 2 heteroatoms. The van der Waals surface area contributed by atoms with Crippen molar-refractivity contribution in [3.63, 3.8) is 0 Å². The van der Waals surface area contributed by atoms with Crippen molar-refractivity contribution in [1.29, 1.82) is 0 Å². The number of hydrogen-bond acceptors (Lipinski definition) is 1. The van der Waals surface area contributed by atoms with E-state index in [-0.39, 0.29) is 6.04 Å². The van der Waals surface area contributed by atoms with Crippen molar-refractivity contribution in [2.75, 3.05) is 0 Å². The van der Waals surface area contributed by atoms with E-state index >= 15 is 0 Å². The number of benzene rings is 2. The molecule has 1 fully saturated rings. The first-order valence-corrected chi connectivity index (χ1v) is 7.52. The van der Waals surface area contributed by atoms with Crippen molar-refractivity contribution in [1.82, 2.24) is 0 Å². The van der Waals surface area contributed by atoms with E-state index in [1.165, 1.54) is 23.1 Å². The Balaban J connectivity index is 1.76. The molecule has 3 unspecified atom stereocenters. The van der Waals surface area contributed by atoms with Crippen LogP contribution in [0.4, 0.5) is 0 Å². The first kappa shape index (κ1) is 12.9. The maximum absolute atomic E-state index is 6.43. The van der Waals surface area contributed by atoms with Crippen LogP contribution in [0.25, 0.3) is 0 Å². The molecule has 3 atom stereocenters. The molecule has 19 heavy (non-hydrogen) atoms. The predicted octanol–water partition coefficient (Wildman–Crippen LogP) is 4.56. The first-order chi connectivity index (χ1) is 9.16. The van der Waals surface area contributed by atoms with E-state index in [0.717, 1.165) is 4.47 Å². The van der Waals surface area contributed by atoms with Crippen LogP contribution in [0.15, 0.2) is 53.0 Å². The molecule has 2 aromatic rings. The Morgan fingerprint density at radius 3 is 2.58 bits per heavy atom. The normalized spacial score (nSPS) is 23.1. The van der Waals surface area contributed by atoms with E-state index in [4.69, 9.17) is 5.73 Å². The molecule has 0 heterocycles. The lowest BCUT2D eigenvalue weighted by molar-refractivity contribution is 0.615. The minimum absolute atomic E-state index is 0.150. The zero-order valence-electron chi connectivity index (χ0n) is 11.0. The Morgan fingerprint density at radius 2 is 1.89 bits per heavy atom. The maximum atomic E-state index is 6.43. The lowest BCUT2D eigenvalue weighted by Crippen LogP contribution is -2.13. The fraction of sp³-hybridized carbons (Fsp3) is 0.294. The highest BCUT2D eigenvalue weighted by molar-refractivity contribution is 9.10.